The van der Waals surface area contributed by atoms with E-state index in [9.17, 15) is 9.18 Å². The van der Waals surface area contributed by atoms with E-state index in [1.54, 1.807) is 20.8 Å². The molecular formula is C10H17ClFNO2. The summed E-state index contributed by atoms with van der Waals surface area (Å²) in [5, 5.41) is 0. The monoisotopic (exact) mass is 237 g/mol. The van der Waals surface area contributed by atoms with E-state index in [-0.39, 0.29) is 18.5 Å². The van der Waals surface area contributed by atoms with Crippen molar-refractivity contribution in [1.29, 1.82) is 0 Å². The zero-order valence-corrected chi connectivity index (χ0v) is 10.1. The molecule has 1 heterocycles. The Kier molecular flexibility index (Phi) is 3.82. The second kappa shape index (κ2) is 4.56. The fourth-order valence-electron chi connectivity index (χ4n) is 1.55. The number of carbonyl (C=O) groups is 1. The third-order valence-corrected chi connectivity index (χ3v) is 2.53. The van der Waals surface area contributed by atoms with E-state index < -0.39 is 17.9 Å². The molecule has 1 aliphatic rings. The van der Waals surface area contributed by atoms with Crippen molar-refractivity contribution in [2.45, 2.75) is 45.0 Å². The lowest BCUT2D eigenvalue weighted by Crippen LogP contribution is -2.40. The minimum absolute atomic E-state index is 0.0896. The number of carbonyl (C=O) groups excluding carboxylic acids is 1. The van der Waals surface area contributed by atoms with E-state index in [1.807, 2.05) is 0 Å². The molecule has 88 valence electrons. The van der Waals surface area contributed by atoms with Crippen molar-refractivity contribution in [3.05, 3.63) is 0 Å². The second-order valence-electron chi connectivity index (χ2n) is 4.77. The van der Waals surface area contributed by atoms with Gasteiger partial charge in [-0.25, -0.2) is 9.18 Å². The fourth-order valence-corrected chi connectivity index (χ4v) is 1.84. The zero-order valence-electron chi connectivity index (χ0n) is 9.30. The fraction of sp³-hybridized carbons (Fsp3) is 0.900. The Bertz CT molecular complexity index is 242. The highest BCUT2D eigenvalue weighted by Crippen LogP contribution is 2.23. The Labute approximate surface area is 94.5 Å². The van der Waals surface area contributed by atoms with Crippen LogP contribution in [-0.4, -0.2) is 41.2 Å². The molecule has 0 aromatic heterocycles. The first-order chi connectivity index (χ1) is 6.83. The van der Waals surface area contributed by atoms with Crippen LogP contribution in [0, 0.1) is 0 Å². The molecule has 2 atom stereocenters. The Balaban J connectivity index is 2.59. The molecule has 1 aliphatic heterocycles. The van der Waals surface area contributed by atoms with Gasteiger partial charge in [0.15, 0.2) is 0 Å². The van der Waals surface area contributed by atoms with Crippen molar-refractivity contribution in [2.75, 3.05) is 12.4 Å². The molecule has 0 saturated carbocycles. The maximum absolute atomic E-state index is 13.1. The minimum atomic E-state index is -0.985. The van der Waals surface area contributed by atoms with Crippen molar-refractivity contribution in [3.8, 4) is 0 Å². The summed E-state index contributed by atoms with van der Waals surface area (Å²) in [6.45, 7) is 5.43. The molecule has 1 rings (SSSR count). The van der Waals surface area contributed by atoms with Gasteiger partial charge in [0.2, 0.25) is 0 Å². The van der Waals surface area contributed by atoms with Gasteiger partial charge in [-0.2, -0.15) is 0 Å². The molecule has 15 heavy (non-hydrogen) atoms. The summed E-state index contributed by atoms with van der Waals surface area (Å²) in [7, 11) is 0. The minimum Gasteiger partial charge on any atom is -0.444 e. The topological polar surface area (TPSA) is 29.5 Å². The highest BCUT2D eigenvalue weighted by atomic mass is 35.5. The normalized spacial score (nSPS) is 26.9. The van der Waals surface area contributed by atoms with Crippen LogP contribution in [0.2, 0.25) is 0 Å². The van der Waals surface area contributed by atoms with Crippen molar-refractivity contribution >= 4 is 17.7 Å². The number of hydrogen-bond acceptors (Lipinski definition) is 2. The van der Waals surface area contributed by atoms with E-state index in [0.29, 0.717) is 6.42 Å². The highest BCUT2D eigenvalue weighted by molar-refractivity contribution is 6.18. The molecule has 0 bridgehead atoms. The Hall–Kier alpha value is -0.510. The van der Waals surface area contributed by atoms with Gasteiger partial charge >= 0.3 is 6.09 Å². The SMILES string of the molecule is CC(C)(C)OC(=O)N1CC(F)CC1CCl. The van der Waals surface area contributed by atoms with Gasteiger partial charge in [-0.1, -0.05) is 0 Å². The van der Waals surface area contributed by atoms with Gasteiger partial charge < -0.3 is 9.64 Å². The van der Waals surface area contributed by atoms with Gasteiger partial charge in [-0.15, -0.1) is 11.6 Å². The number of hydrogen-bond donors (Lipinski definition) is 0. The maximum atomic E-state index is 13.1. The van der Waals surface area contributed by atoms with Crippen LogP contribution in [0.1, 0.15) is 27.2 Å². The number of likely N-dealkylation sites (tertiary alicyclic amines) is 1. The molecule has 1 saturated heterocycles. The van der Waals surface area contributed by atoms with E-state index in [1.165, 1.54) is 4.90 Å². The van der Waals surface area contributed by atoms with Gasteiger partial charge in [0.05, 0.1) is 12.6 Å². The molecule has 0 aromatic carbocycles. The van der Waals surface area contributed by atoms with E-state index in [0.717, 1.165) is 0 Å². The van der Waals surface area contributed by atoms with Gasteiger partial charge in [0, 0.05) is 12.3 Å². The van der Waals surface area contributed by atoms with Crippen LogP contribution in [0.15, 0.2) is 0 Å². The van der Waals surface area contributed by atoms with Gasteiger partial charge in [-0.05, 0) is 20.8 Å². The number of ether oxygens (including phenoxy) is 1. The largest absolute Gasteiger partial charge is 0.444 e. The lowest BCUT2D eigenvalue weighted by molar-refractivity contribution is 0.0232. The van der Waals surface area contributed by atoms with Crippen molar-refractivity contribution in [3.63, 3.8) is 0 Å². The molecule has 0 aliphatic carbocycles. The van der Waals surface area contributed by atoms with Crippen molar-refractivity contribution in [2.24, 2.45) is 0 Å². The quantitative estimate of drug-likeness (QED) is 0.656. The summed E-state index contributed by atoms with van der Waals surface area (Å²) in [4.78, 5) is 13.0. The van der Waals surface area contributed by atoms with Gasteiger partial charge in [0.1, 0.15) is 11.8 Å². The first-order valence-corrected chi connectivity index (χ1v) is 5.56. The van der Waals surface area contributed by atoms with Crippen LogP contribution in [0.4, 0.5) is 9.18 Å². The lowest BCUT2D eigenvalue weighted by atomic mass is 10.2. The average Bonchev–Trinajstić information content (AvgIpc) is 2.43. The predicted octanol–water partition coefficient (Wildman–Crippen LogP) is 2.57. The molecule has 1 amide bonds. The van der Waals surface area contributed by atoms with Crippen LogP contribution >= 0.6 is 11.6 Å². The number of halogens is 2. The van der Waals surface area contributed by atoms with Crippen molar-refractivity contribution in [1.82, 2.24) is 4.90 Å². The molecule has 2 unspecified atom stereocenters. The van der Waals surface area contributed by atoms with Crippen LogP contribution in [-0.2, 0) is 4.74 Å². The van der Waals surface area contributed by atoms with E-state index in [2.05, 4.69) is 0 Å². The lowest BCUT2D eigenvalue weighted by Gasteiger charge is -2.27. The number of amides is 1. The smallest absolute Gasteiger partial charge is 0.410 e. The summed E-state index contributed by atoms with van der Waals surface area (Å²) >= 11 is 5.67. The predicted molar refractivity (Wildman–Crippen MR) is 57.0 cm³/mol. The Morgan fingerprint density at radius 3 is 2.67 bits per heavy atom. The summed E-state index contributed by atoms with van der Waals surface area (Å²) in [6.07, 6.45) is -1.16. The zero-order chi connectivity index (χ0) is 11.6. The third kappa shape index (κ3) is 3.52. The highest BCUT2D eigenvalue weighted by Gasteiger charge is 2.36. The number of alkyl halides is 2. The first-order valence-electron chi connectivity index (χ1n) is 5.03. The maximum Gasteiger partial charge on any atom is 0.410 e. The third-order valence-electron chi connectivity index (χ3n) is 2.17. The van der Waals surface area contributed by atoms with E-state index >= 15 is 0 Å². The second-order valence-corrected chi connectivity index (χ2v) is 5.08. The Morgan fingerprint density at radius 1 is 1.60 bits per heavy atom. The molecule has 1 fully saturated rings. The molecule has 0 aromatic rings. The Morgan fingerprint density at radius 2 is 2.20 bits per heavy atom. The standard InChI is InChI=1S/C10H17ClFNO2/c1-10(2,3)15-9(14)13-6-7(12)4-8(13)5-11/h7-8H,4-6H2,1-3H3. The number of nitrogens with zero attached hydrogens (tertiary/aromatic N) is 1. The molecular weight excluding hydrogens is 221 g/mol. The van der Waals surface area contributed by atoms with E-state index in [4.69, 9.17) is 16.3 Å². The van der Waals surface area contributed by atoms with Gasteiger partial charge in [0.25, 0.3) is 0 Å². The molecule has 3 nitrogen and oxygen atoms in total. The van der Waals surface area contributed by atoms with Gasteiger partial charge in [-0.3, -0.25) is 0 Å². The van der Waals surface area contributed by atoms with Crippen LogP contribution in [0.5, 0.6) is 0 Å². The summed E-state index contributed by atoms with van der Waals surface area (Å²) < 4.78 is 18.3. The van der Waals surface area contributed by atoms with Crippen LogP contribution in [0.25, 0.3) is 0 Å². The van der Waals surface area contributed by atoms with Crippen molar-refractivity contribution < 1.29 is 13.9 Å². The summed E-state index contributed by atoms with van der Waals surface area (Å²) in [5.74, 6) is 0.250. The molecule has 0 spiro atoms. The van der Waals surface area contributed by atoms with Crippen LogP contribution in [0.3, 0.4) is 0 Å². The van der Waals surface area contributed by atoms with Crippen LogP contribution < -0.4 is 0 Å². The number of rotatable bonds is 1. The molecule has 0 N–H and O–H groups in total. The summed E-state index contributed by atoms with van der Waals surface area (Å²) in [6, 6.07) is -0.239. The molecule has 0 radical (unpaired) electrons. The first kappa shape index (κ1) is 12.6. The molecule has 5 heteroatoms. The average molecular weight is 238 g/mol. The summed E-state index contributed by atoms with van der Waals surface area (Å²) in [5.41, 5.74) is -0.553.